The first-order valence-electron chi connectivity index (χ1n) is 11.3. The summed E-state index contributed by atoms with van der Waals surface area (Å²) >= 11 is 0. The summed E-state index contributed by atoms with van der Waals surface area (Å²) in [6.07, 6.45) is 5.58. The number of carbonyl (C=O) groups excluding carboxylic acids is 2. The third-order valence-electron chi connectivity index (χ3n) is 5.91. The Bertz CT molecular complexity index is 1100. The van der Waals surface area contributed by atoms with Gasteiger partial charge in [-0.15, -0.1) is 0 Å². The molecule has 170 valence electrons. The maximum atomic E-state index is 13.5. The zero-order valence-electron chi connectivity index (χ0n) is 19.0. The molecule has 1 aromatic carbocycles. The van der Waals surface area contributed by atoms with Gasteiger partial charge >= 0.3 is 0 Å². The van der Waals surface area contributed by atoms with Crippen LogP contribution in [-0.2, 0) is 11.2 Å². The minimum absolute atomic E-state index is 0.0304. The van der Waals surface area contributed by atoms with Gasteiger partial charge in [0.1, 0.15) is 11.6 Å². The van der Waals surface area contributed by atoms with Crippen molar-refractivity contribution in [1.29, 1.82) is 0 Å². The maximum absolute atomic E-state index is 13.5. The second-order valence-corrected chi connectivity index (χ2v) is 7.86. The predicted octanol–water partition coefficient (Wildman–Crippen LogP) is 3.46. The van der Waals surface area contributed by atoms with Crippen molar-refractivity contribution in [3.63, 3.8) is 0 Å². The Morgan fingerprint density at radius 1 is 1.00 bits per heavy atom. The Morgan fingerprint density at radius 3 is 2.42 bits per heavy atom. The number of hydrogen-bond acceptors (Lipinski definition) is 5. The van der Waals surface area contributed by atoms with Gasteiger partial charge in [-0.05, 0) is 54.8 Å². The summed E-state index contributed by atoms with van der Waals surface area (Å²) < 4.78 is 5.57. The van der Waals surface area contributed by atoms with Crippen LogP contribution >= 0.6 is 0 Å². The van der Waals surface area contributed by atoms with Gasteiger partial charge in [-0.1, -0.05) is 24.3 Å². The first-order chi connectivity index (χ1) is 16.1. The minimum atomic E-state index is -0.576. The van der Waals surface area contributed by atoms with E-state index in [2.05, 4.69) is 9.97 Å². The third-order valence-corrected chi connectivity index (χ3v) is 5.91. The van der Waals surface area contributed by atoms with Crippen molar-refractivity contribution in [2.24, 2.45) is 0 Å². The second kappa shape index (κ2) is 10.3. The Hall–Kier alpha value is -3.74. The fourth-order valence-electron chi connectivity index (χ4n) is 4.15. The van der Waals surface area contributed by atoms with Crippen LogP contribution in [0.1, 0.15) is 29.8 Å². The number of likely N-dealkylation sites (N-methyl/N-ethyl adjacent to an activating group) is 1. The van der Waals surface area contributed by atoms with E-state index < -0.39 is 6.04 Å². The van der Waals surface area contributed by atoms with Gasteiger partial charge in [-0.25, -0.2) is 4.98 Å². The molecule has 0 bridgehead atoms. The topological polar surface area (TPSA) is 75.6 Å². The molecule has 1 atom stereocenters. The fraction of sp³-hybridized carbons (Fsp3) is 0.308. The number of rotatable bonds is 7. The van der Waals surface area contributed by atoms with Crippen LogP contribution in [0.25, 0.3) is 11.1 Å². The van der Waals surface area contributed by atoms with Crippen LogP contribution in [0.5, 0.6) is 5.88 Å². The molecule has 1 saturated heterocycles. The quantitative estimate of drug-likeness (QED) is 0.558. The standard InChI is InChI=1S/C26H28N4O3/c1-3-29-16-17-30(25(31)22-6-5-13-28-24(22)33-4-2)23(26(29)32)18-19-7-9-20(10-8-19)21-11-14-27-15-12-21/h5-15,23H,3-4,16-18H2,1-2H3/t23-/m0/s1. The van der Waals surface area contributed by atoms with Gasteiger partial charge in [0.15, 0.2) is 0 Å². The number of hydrogen-bond donors (Lipinski definition) is 0. The normalized spacial score (nSPS) is 16.1. The third kappa shape index (κ3) is 4.87. The van der Waals surface area contributed by atoms with Crippen molar-refractivity contribution in [3.8, 4) is 17.0 Å². The van der Waals surface area contributed by atoms with E-state index in [-0.39, 0.29) is 11.8 Å². The van der Waals surface area contributed by atoms with E-state index >= 15 is 0 Å². The van der Waals surface area contributed by atoms with E-state index in [0.29, 0.717) is 44.1 Å². The molecule has 0 aliphatic carbocycles. The zero-order valence-corrected chi connectivity index (χ0v) is 19.0. The molecule has 3 aromatic rings. The summed E-state index contributed by atoms with van der Waals surface area (Å²) in [5.74, 6) is 0.0436. The lowest BCUT2D eigenvalue weighted by molar-refractivity contribution is -0.139. The van der Waals surface area contributed by atoms with Crippen LogP contribution in [0, 0.1) is 0 Å². The van der Waals surface area contributed by atoms with Crippen molar-refractivity contribution in [3.05, 3.63) is 78.2 Å². The number of piperazine rings is 1. The molecular weight excluding hydrogens is 416 g/mol. The second-order valence-electron chi connectivity index (χ2n) is 7.86. The molecule has 1 aliphatic heterocycles. The average molecular weight is 445 g/mol. The minimum Gasteiger partial charge on any atom is -0.477 e. The summed E-state index contributed by atoms with van der Waals surface area (Å²) in [6.45, 7) is 5.83. The highest BCUT2D eigenvalue weighted by atomic mass is 16.5. The summed E-state index contributed by atoms with van der Waals surface area (Å²) in [4.78, 5) is 38.5. The number of ether oxygens (including phenoxy) is 1. The van der Waals surface area contributed by atoms with Crippen molar-refractivity contribution in [2.75, 3.05) is 26.2 Å². The van der Waals surface area contributed by atoms with E-state index in [1.54, 1.807) is 35.6 Å². The Morgan fingerprint density at radius 2 is 1.73 bits per heavy atom. The molecule has 0 spiro atoms. The lowest BCUT2D eigenvalue weighted by Gasteiger charge is -2.40. The molecular formula is C26H28N4O3. The molecule has 4 rings (SSSR count). The van der Waals surface area contributed by atoms with Crippen LogP contribution < -0.4 is 4.74 Å². The molecule has 2 amide bonds. The lowest BCUT2D eigenvalue weighted by atomic mass is 9.98. The number of benzene rings is 1. The van der Waals surface area contributed by atoms with Crippen LogP contribution in [0.3, 0.4) is 0 Å². The van der Waals surface area contributed by atoms with Gasteiger partial charge in [0.2, 0.25) is 11.8 Å². The first-order valence-corrected chi connectivity index (χ1v) is 11.3. The Balaban J connectivity index is 1.60. The highest BCUT2D eigenvalue weighted by Gasteiger charge is 2.38. The highest BCUT2D eigenvalue weighted by Crippen LogP contribution is 2.24. The van der Waals surface area contributed by atoms with Crippen molar-refractivity contribution >= 4 is 11.8 Å². The molecule has 0 unspecified atom stereocenters. The lowest BCUT2D eigenvalue weighted by Crippen LogP contribution is -2.59. The van der Waals surface area contributed by atoms with Crippen molar-refractivity contribution < 1.29 is 14.3 Å². The number of pyridine rings is 2. The molecule has 0 saturated carbocycles. The van der Waals surface area contributed by atoms with Crippen molar-refractivity contribution in [2.45, 2.75) is 26.3 Å². The van der Waals surface area contributed by atoms with E-state index in [1.807, 2.05) is 55.1 Å². The average Bonchev–Trinajstić information content (AvgIpc) is 2.86. The van der Waals surface area contributed by atoms with Crippen LogP contribution in [0.4, 0.5) is 0 Å². The largest absolute Gasteiger partial charge is 0.477 e. The van der Waals surface area contributed by atoms with Crippen LogP contribution in [-0.4, -0.2) is 63.9 Å². The van der Waals surface area contributed by atoms with Crippen LogP contribution in [0.2, 0.25) is 0 Å². The van der Waals surface area contributed by atoms with E-state index in [9.17, 15) is 9.59 Å². The van der Waals surface area contributed by atoms with Gasteiger partial charge in [0.25, 0.3) is 5.91 Å². The van der Waals surface area contributed by atoms with Crippen molar-refractivity contribution in [1.82, 2.24) is 19.8 Å². The molecule has 7 nitrogen and oxygen atoms in total. The molecule has 0 radical (unpaired) electrons. The van der Waals surface area contributed by atoms with Gasteiger partial charge in [-0.3, -0.25) is 14.6 Å². The summed E-state index contributed by atoms with van der Waals surface area (Å²) in [7, 11) is 0. The molecule has 7 heteroatoms. The number of nitrogens with zero attached hydrogens (tertiary/aromatic N) is 4. The molecule has 3 heterocycles. The molecule has 1 aliphatic rings. The maximum Gasteiger partial charge on any atom is 0.260 e. The van der Waals surface area contributed by atoms with Crippen LogP contribution in [0.15, 0.2) is 67.1 Å². The monoisotopic (exact) mass is 444 g/mol. The molecule has 1 fully saturated rings. The van der Waals surface area contributed by atoms with Gasteiger partial charge < -0.3 is 14.5 Å². The van der Waals surface area contributed by atoms with Gasteiger partial charge in [-0.2, -0.15) is 0 Å². The number of amides is 2. The smallest absolute Gasteiger partial charge is 0.260 e. The molecule has 0 N–H and O–H groups in total. The SMILES string of the molecule is CCOc1ncccc1C(=O)N1CCN(CC)C(=O)[C@@H]1Cc1ccc(-c2ccncc2)cc1. The molecule has 33 heavy (non-hydrogen) atoms. The number of aromatic nitrogens is 2. The Kier molecular flexibility index (Phi) is 6.98. The first kappa shape index (κ1) is 22.5. The van der Waals surface area contributed by atoms with E-state index in [4.69, 9.17) is 4.74 Å². The van der Waals surface area contributed by atoms with Gasteiger partial charge in [0, 0.05) is 44.6 Å². The predicted molar refractivity (Wildman–Crippen MR) is 126 cm³/mol. The number of carbonyl (C=O) groups is 2. The molecule has 2 aromatic heterocycles. The van der Waals surface area contributed by atoms with E-state index in [1.165, 1.54) is 0 Å². The summed E-state index contributed by atoms with van der Waals surface area (Å²) in [5.41, 5.74) is 3.54. The van der Waals surface area contributed by atoms with E-state index in [0.717, 1.165) is 16.7 Å². The highest BCUT2D eigenvalue weighted by molar-refractivity contribution is 6.00. The summed E-state index contributed by atoms with van der Waals surface area (Å²) in [5, 5.41) is 0. The van der Waals surface area contributed by atoms with Gasteiger partial charge in [0.05, 0.1) is 6.61 Å². The zero-order chi connectivity index (χ0) is 23.2. The fourth-order valence-corrected chi connectivity index (χ4v) is 4.15. The summed E-state index contributed by atoms with van der Waals surface area (Å²) in [6, 6.07) is 14.9. The Labute approximate surface area is 194 Å².